The number of hydrogen-bond acceptors (Lipinski definition) is 3. The summed E-state index contributed by atoms with van der Waals surface area (Å²) < 4.78 is 73.5. The van der Waals surface area contributed by atoms with Gasteiger partial charge in [0.25, 0.3) is 0 Å². The number of carbonyl (C=O) groups excluding carboxylic acids is 1. The number of rotatable bonds is 5. The highest BCUT2D eigenvalue weighted by Gasteiger charge is 2.33. The molecule has 124 valence electrons. The van der Waals surface area contributed by atoms with Gasteiger partial charge in [-0.2, -0.15) is 13.2 Å². The fourth-order valence-electron chi connectivity index (χ4n) is 1.71. The molecule has 0 aliphatic carbocycles. The van der Waals surface area contributed by atoms with Gasteiger partial charge in [-0.3, -0.25) is 4.79 Å². The van der Waals surface area contributed by atoms with E-state index in [9.17, 15) is 30.8 Å². The largest absolute Gasteiger partial charge is 0.406 e. The fourth-order valence-corrected chi connectivity index (χ4v) is 3.09. The van der Waals surface area contributed by atoms with Gasteiger partial charge in [0.1, 0.15) is 18.1 Å². The van der Waals surface area contributed by atoms with Crippen LogP contribution in [0.5, 0.6) is 0 Å². The summed E-state index contributed by atoms with van der Waals surface area (Å²) in [6, 6.07) is 4.64. The summed E-state index contributed by atoms with van der Waals surface area (Å²) in [6.07, 6.45) is -4.60. The molecule has 1 aromatic rings. The molecule has 0 fully saturated rings. The zero-order valence-electron chi connectivity index (χ0n) is 11.9. The topological polar surface area (TPSA) is 54.5 Å². The molecule has 0 unspecified atom stereocenters. The Balaban J connectivity index is 2.82. The van der Waals surface area contributed by atoms with Crippen molar-refractivity contribution in [2.24, 2.45) is 0 Å². The molecule has 0 aliphatic rings. The normalized spacial score (nSPS) is 13.7. The van der Waals surface area contributed by atoms with Crippen molar-refractivity contribution in [3.8, 4) is 0 Å². The summed E-state index contributed by atoms with van der Waals surface area (Å²) in [7, 11) is -3.12. The van der Waals surface area contributed by atoms with Crippen molar-refractivity contribution in [1.29, 1.82) is 0 Å². The average Bonchev–Trinajstić information content (AvgIpc) is 2.36. The van der Waals surface area contributed by atoms with Gasteiger partial charge >= 0.3 is 6.18 Å². The maximum Gasteiger partial charge on any atom is 0.406 e. The summed E-state index contributed by atoms with van der Waals surface area (Å²) in [5.41, 5.74) is 0.257. The third-order valence-electron chi connectivity index (χ3n) is 3.04. The molecule has 0 heterocycles. The van der Waals surface area contributed by atoms with Crippen molar-refractivity contribution in [3.63, 3.8) is 0 Å². The highest BCUT2D eigenvalue weighted by atomic mass is 32.2. The van der Waals surface area contributed by atoms with Crippen LogP contribution in [0.3, 0.4) is 0 Å². The molecule has 1 amide bonds. The van der Waals surface area contributed by atoms with E-state index in [2.05, 4.69) is 0 Å². The summed E-state index contributed by atoms with van der Waals surface area (Å²) in [6.45, 7) is -0.230. The monoisotopic (exact) mass is 341 g/mol. The maximum absolute atomic E-state index is 12.8. The van der Waals surface area contributed by atoms with E-state index >= 15 is 0 Å². The van der Waals surface area contributed by atoms with E-state index in [0.717, 1.165) is 19.2 Å². The molecule has 0 radical (unpaired) electrons. The minimum atomic E-state index is -4.60. The van der Waals surface area contributed by atoms with Crippen LogP contribution in [0.15, 0.2) is 24.3 Å². The lowest BCUT2D eigenvalue weighted by Crippen LogP contribution is -2.39. The minimum Gasteiger partial charge on any atom is -0.336 e. The van der Waals surface area contributed by atoms with Crippen LogP contribution in [0.2, 0.25) is 0 Å². The van der Waals surface area contributed by atoms with Crippen LogP contribution >= 0.6 is 0 Å². The third-order valence-corrected chi connectivity index (χ3v) is 5.04. The van der Waals surface area contributed by atoms with Crippen molar-refractivity contribution in [3.05, 3.63) is 35.6 Å². The molecule has 0 saturated heterocycles. The average molecular weight is 341 g/mol. The smallest absolute Gasteiger partial charge is 0.336 e. The van der Waals surface area contributed by atoms with Crippen LogP contribution in [0.1, 0.15) is 17.7 Å². The molecule has 22 heavy (non-hydrogen) atoms. The minimum absolute atomic E-state index is 0.257. The molecule has 1 aromatic carbocycles. The molecule has 1 atom stereocenters. The second kappa shape index (κ2) is 6.64. The van der Waals surface area contributed by atoms with Crippen molar-refractivity contribution in [2.45, 2.75) is 18.3 Å². The van der Waals surface area contributed by atoms with Crippen LogP contribution in [-0.4, -0.2) is 44.7 Å². The summed E-state index contributed by atoms with van der Waals surface area (Å²) in [5, 5.41) is -1.13. The van der Waals surface area contributed by atoms with Gasteiger partial charge in [-0.05, 0) is 24.6 Å². The van der Waals surface area contributed by atoms with Gasteiger partial charge in [-0.15, -0.1) is 0 Å². The predicted octanol–water partition coefficient (Wildman–Crippen LogP) is 2.32. The van der Waals surface area contributed by atoms with Crippen LogP contribution in [-0.2, 0) is 14.6 Å². The SMILES string of the molecule is C[C@@H](c1ccc(F)cc1)S(=O)(=O)CC(=O)N(C)CC(F)(F)F. The summed E-state index contributed by atoms with van der Waals surface area (Å²) in [5.74, 6) is -2.74. The molecule has 0 saturated carbocycles. The Morgan fingerprint density at radius 1 is 1.23 bits per heavy atom. The Kier molecular flexibility index (Phi) is 5.55. The standard InChI is InChI=1S/C13H15F4NO3S/c1-9(10-3-5-11(14)6-4-10)22(20,21)7-12(19)18(2)8-13(15,16)17/h3-6,9H,7-8H2,1-2H3/t9-/m0/s1. The molecule has 0 bridgehead atoms. The van der Waals surface area contributed by atoms with Gasteiger partial charge in [0.15, 0.2) is 9.84 Å². The number of benzene rings is 1. The number of halogens is 4. The van der Waals surface area contributed by atoms with E-state index in [-0.39, 0.29) is 5.56 Å². The van der Waals surface area contributed by atoms with E-state index in [1.54, 1.807) is 0 Å². The first-order valence-corrected chi connectivity index (χ1v) is 7.91. The number of carbonyl (C=O) groups is 1. The van der Waals surface area contributed by atoms with Gasteiger partial charge in [0.05, 0.1) is 5.25 Å². The molecule has 4 nitrogen and oxygen atoms in total. The summed E-state index contributed by atoms with van der Waals surface area (Å²) in [4.78, 5) is 11.9. The quantitative estimate of drug-likeness (QED) is 0.773. The zero-order valence-corrected chi connectivity index (χ0v) is 12.7. The molecule has 0 N–H and O–H groups in total. The van der Waals surface area contributed by atoms with Gasteiger partial charge in [0.2, 0.25) is 5.91 Å². The van der Waals surface area contributed by atoms with Crippen LogP contribution in [0.4, 0.5) is 17.6 Å². The Morgan fingerprint density at radius 2 is 1.73 bits per heavy atom. The van der Waals surface area contributed by atoms with E-state index < -0.39 is 45.3 Å². The van der Waals surface area contributed by atoms with Gasteiger partial charge in [0, 0.05) is 7.05 Å². The number of sulfone groups is 1. The highest BCUT2D eigenvalue weighted by molar-refractivity contribution is 7.92. The van der Waals surface area contributed by atoms with Crippen molar-refractivity contribution >= 4 is 15.7 Å². The van der Waals surface area contributed by atoms with Crippen LogP contribution in [0, 0.1) is 5.82 Å². The van der Waals surface area contributed by atoms with E-state index in [4.69, 9.17) is 0 Å². The van der Waals surface area contributed by atoms with Gasteiger partial charge in [-0.1, -0.05) is 12.1 Å². The Bertz CT molecular complexity index is 626. The molecule has 0 aliphatic heterocycles. The third kappa shape index (κ3) is 5.28. The fraction of sp³-hybridized carbons (Fsp3) is 0.462. The second-order valence-corrected chi connectivity index (χ2v) is 7.19. The van der Waals surface area contributed by atoms with E-state index in [0.29, 0.717) is 4.90 Å². The Morgan fingerprint density at radius 3 is 2.18 bits per heavy atom. The van der Waals surface area contributed by atoms with Crippen LogP contribution < -0.4 is 0 Å². The molecule has 0 aromatic heterocycles. The second-order valence-electron chi connectivity index (χ2n) is 4.87. The highest BCUT2D eigenvalue weighted by Crippen LogP contribution is 2.23. The molecule has 0 spiro atoms. The van der Waals surface area contributed by atoms with Crippen molar-refractivity contribution in [1.82, 2.24) is 4.90 Å². The summed E-state index contributed by atoms with van der Waals surface area (Å²) >= 11 is 0. The van der Waals surface area contributed by atoms with Gasteiger partial charge in [-0.25, -0.2) is 12.8 Å². The van der Waals surface area contributed by atoms with E-state index in [1.807, 2.05) is 0 Å². The number of hydrogen-bond donors (Lipinski definition) is 0. The lowest BCUT2D eigenvalue weighted by atomic mass is 10.2. The van der Waals surface area contributed by atoms with E-state index in [1.165, 1.54) is 19.1 Å². The number of alkyl halides is 3. The van der Waals surface area contributed by atoms with Crippen LogP contribution in [0.25, 0.3) is 0 Å². The first-order chi connectivity index (χ1) is 9.92. The zero-order chi connectivity index (χ0) is 17.1. The maximum atomic E-state index is 12.8. The first kappa shape index (κ1) is 18.4. The first-order valence-electron chi connectivity index (χ1n) is 6.20. The Labute approximate surface area is 125 Å². The molecular formula is C13H15F4NO3S. The lowest BCUT2D eigenvalue weighted by molar-refractivity contribution is -0.156. The molecule has 9 heteroatoms. The number of nitrogens with zero attached hydrogens (tertiary/aromatic N) is 1. The lowest BCUT2D eigenvalue weighted by Gasteiger charge is -2.20. The Hall–Kier alpha value is -1.64. The van der Waals surface area contributed by atoms with Crippen molar-refractivity contribution < 1.29 is 30.8 Å². The predicted molar refractivity (Wildman–Crippen MR) is 72.3 cm³/mol. The molecular weight excluding hydrogens is 326 g/mol. The van der Waals surface area contributed by atoms with Crippen molar-refractivity contribution in [2.75, 3.05) is 19.3 Å². The number of amides is 1. The molecule has 1 rings (SSSR count). The van der Waals surface area contributed by atoms with Gasteiger partial charge < -0.3 is 4.90 Å².